The van der Waals surface area contributed by atoms with Gasteiger partial charge in [0, 0.05) is 0 Å². The van der Waals surface area contributed by atoms with Gasteiger partial charge in [0.1, 0.15) is 6.61 Å². The molecule has 3 aromatic rings. The van der Waals surface area contributed by atoms with E-state index < -0.39 is 0 Å². The number of fused-ring (bicyclic) bond motifs is 2. The molecule has 194 valence electrons. The number of carbonyl (C=O) groups excluding carboxylic acids is 1. The summed E-state index contributed by atoms with van der Waals surface area (Å²) in [5.41, 5.74) is 6.22. The molecule has 37 heavy (non-hydrogen) atoms. The minimum atomic E-state index is -0.267. The topological polar surface area (TPSA) is 26.3 Å². The van der Waals surface area contributed by atoms with E-state index in [0.29, 0.717) is 12.2 Å². The summed E-state index contributed by atoms with van der Waals surface area (Å²) in [6.07, 6.45) is 15.6. The second kappa shape index (κ2) is 14.4. The maximum absolute atomic E-state index is 13.1. The molecule has 2 heteroatoms. The molecule has 0 unspecified atom stereocenters. The van der Waals surface area contributed by atoms with Crippen LogP contribution < -0.4 is 0 Å². The van der Waals surface area contributed by atoms with Gasteiger partial charge >= 0.3 is 5.97 Å². The lowest BCUT2D eigenvalue weighted by Gasteiger charge is -2.11. The van der Waals surface area contributed by atoms with Gasteiger partial charge in [-0.25, -0.2) is 4.79 Å². The molecular formula is C35H42O2. The molecule has 0 aromatic heterocycles. The van der Waals surface area contributed by atoms with Crippen LogP contribution in [-0.4, -0.2) is 12.6 Å². The summed E-state index contributed by atoms with van der Waals surface area (Å²) in [6, 6.07) is 18.1. The van der Waals surface area contributed by atoms with E-state index in [-0.39, 0.29) is 5.97 Å². The van der Waals surface area contributed by atoms with Gasteiger partial charge < -0.3 is 4.74 Å². The number of carbonyl (C=O) groups is 1. The van der Waals surface area contributed by atoms with Crippen molar-refractivity contribution >= 4 is 27.5 Å². The first kappa shape index (κ1) is 28.2. The highest BCUT2D eigenvalue weighted by Crippen LogP contribution is 2.29. The molecular weight excluding hydrogens is 452 g/mol. The summed E-state index contributed by atoms with van der Waals surface area (Å²) in [5.74, 6) is -0.267. The Morgan fingerprint density at radius 2 is 1.11 bits per heavy atom. The first-order valence-corrected chi connectivity index (χ1v) is 13.5. The van der Waals surface area contributed by atoms with E-state index in [1.54, 1.807) is 0 Å². The van der Waals surface area contributed by atoms with Crippen molar-refractivity contribution < 1.29 is 9.53 Å². The molecule has 0 heterocycles. The smallest absolute Gasteiger partial charge is 0.339 e. The fourth-order valence-electron chi connectivity index (χ4n) is 4.55. The van der Waals surface area contributed by atoms with E-state index in [4.69, 9.17) is 4.74 Å². The van der Waals surface area contributed by atoms with E-state index in [1.807, 2.05) is 54.6 Å². The van der Waals surface area contributed by atoms with E-state index in [0.717, 1.165) is 60.1 Å². The zero-order valence-electron chi connectivity index (χ0n) is 23.3. The largest absolute Gasteiger partial charge is 0.458 e. The van der Waals surface area contributed by atoms with Gasteiger partial charge in [-0.05, 0) is 107 Å². The summed E-state index contributed by atoms with van der Waals surface area (Å²) in [7, 11) is 0. The van der Waals surface area contributed by atoms with Crippen LogP contribution in [0.15, 0.2) is 101 Å². The van der Waals surface area contributed by atoms with Crippen molar-refractivity contribution in [2.24, 2.45) is 0 Å². The normalized spacial score (nSPS) is 12.7. The molecule has 3 aromatic carbocycles. The van der Waals surface area contributed by atoms with Crippen LogP contribution in [0.3, 0.4) is 0 Å². The van der Waals surface area contributed by atoms with E-state index in [1.165, 1.54) is 22.3 Å². The SMILES string of the molecule is CC(C)=CCC/C(C)=C/CC/C(C)=C/CC/C(C)=C/COC(=O)c1c2ccccc2cc2ccccc12. The summed E-state index contributed by atoms with van der Waals surface area (Å²) in [4.78, 5) is 13.1. The van der Waals surface area contributed by atoms with Crippen molar-refractivity contribution in [3.8, 4) is 0 Å². The zero-order chi connectivity index (χ0) is 26.6. The third-order valence-electron chi connectivity index (χ3n) is 6.78. The Bertz CT molecular complexity index is 1280. The van der Waals surface area contributed by atoms with Crippen LogP contribution in [-0.2, 0) is 4.74 Å². The monoisotopic (exact) mass is 494 g/mol. The predicted molar refractivity (Wildman–Crippen MR) is 160 cm³/mol. The lowest BCUT2D eigenvalue weighted by atomic mass is 9.97. The van der Waals surface area contributed by atoms with Crippen molar-refractivity contribution in [1.82, 2.24) is 0 Å². The Hall–Kier alpha value is -3.39. The lowest BCUT2D eigenvalue weighted by molar-refractivity contribution is 0.0553. The highest BCUT2D eigenvalue weighted by atomic mass is 16.5. The Morgan fingerprint density at radius 1 is 0.649 bits per heavy atom. The number of ether oxygens (including phenoxy) is 1. The summed E-state index contributed by atoms with van der Waals surface area (Å²) in [5, 5.41) is 3.98. The average Bonchev–Trinajstić information content (AvgIpc) is 2.87. The van der Waals surface area contributed by atoms with Crippen molar-refractivity contribution in [3.63, 3.8) is 0 Å². The quantitative estimate of drug-likeness (QED) is 0.142. The second-order valence-electron chi connectivity index (χ2n) is 10.3. The summed E-state index contributed by atoms with van der Waals surface area (Å²) < 4.78 is 5.72. The van der Waals surface area contributed by atoms with Crippen LogP contribution in [0.1, 0.15) is 83.5 Å². The molecule has 2 nitrogen and oxygen atoms in total. The minimum absolute atomic E-state index is 0.267. The van der Waals surface area contributed by atoms with Gasteiger partial charge in [0.15, 0.2) is 0 Å². The van der Waals surface area contributed by atoms with Gasteiger partial charge in [-0.15, -0.1) is 0 Å². The standard InChI is InChI=1S/C35H42O2/c1-26(2)13-10-14-27(3)15-11-16-28(4)17-12-18-29(5)23-24-37-35(36)34-32-21-8-6-19-30(32)25-31-20-7-9-22-33(31)34/h6-9,13,15,17,19-23,25H,10-12,14,16,18,24H2,1-5H3/b27-15+,28-17+,29-23+. The molecule has 0 aliphatic heterocycles. The number of hydrogen-bond acceptors (Lipinski definition) is 2. The van der Waals surface area contributed by atoms with Gasteiger partial charge in [0.05, 0.1) is 5.56 Å². The number of allylic oxidation sites excluding steroid dienone is 7. The first-order valence-electron chi connectivity index (χ1n) is 13.5. The molecule has 0 saturated heterocycles. The number of rotatable bonds is 12. The van der Waals surface area contributed by atoms with E-state index in [2.05, 4.69) is 58.9 Å². The van der Waals surface area contributed by atoms with Crippen LogP contribution in [0.4, 0.5) is 0 Å². The van der Waals surface area contributed by atoms with Crippen molar-refractivity contribution in [2.75, 3.05) is 6.61 Å². The van der Waals surface area contributed by atoms with Crippen molar-refractivity contribution in [2.45, 2.75) is 73.1 Å². The predicted octanol–water partition coefficient (Wildman–Crippen LogP) is 10.3. The molecule has 0 bridgehead atoms. The van der Waals surface area contributed by atoms with Gasteiger partial charge in [-0.1, -0.05) is 89.1 Å². The van der Waals surface area contributed by atoms with Crippen molar-refractivity contribution in [3.05, 3.63) is 107 Å². The molecule has 0 amide bonds. The Kier molecular flexibility index (Phi) is 11.0. The maximum Gasteiger partial charge on any atom is 0.339 e. The molecule has 0 atom stereocenters. The molecule has 0 radical (unpaired) electrons. The van der Waals surface area contributed by atoms with E-state index in [9.17, 15) is 4.79 Å². The first-order chi connectivity index (χ1) is 17.8. The molecule has 0 aliphatic carbocycles. The molecule has 0 saturated carbocycles. The highest BCUT2D eigenvalue weighted by molar-refractivity contribution is 6.16. The van der Waals surface area contributed by atoms with Crippen LogP contribution >= 0.6 is 0 Å². The van der Waals surface area contributed by atoms with Crippen molar-refractivity contribution in [1.29, 1.82) is 0 Å². The maximum atomic E-state index is 13.1. The Morgan fingerprint density at radius 3 is 1.62 bits per heavy atom. The fourth-order valence-corrected chi connectivity index (χ4v) is 4.55. The number of hydrogen-bond donors (Lipinski definition) is 0. The number of benzene rings is 3. The van der Waals surface area contributed by atoms with Crippen LogP contribution in [0, 0.1) is 0 Å². The Labute approximate surface area is 223 Å². The van der Waals surface area contributed by atoms with Crippen LogP contribution in [0.2, 0.25) is 0 Å². The average molecular weight is 495 g/mol. The number of esters is 1. The Balaban J connectivity index is 1.49. The summed E-state index contributed by atoms with van der Waals surface area (Å²) >= 11 is 0. The van der Waals surface area contributed by atoms with E-state index >= 15 is 0 Å². The summed E-state index contributed by atoms with van der Waals surface area (Å²) in [6.45, 7) is 11.2. The van der Waals surface area contributed by atoms with Crippen LogP contribution in [0.25, 0.3) is 21.5 Å². The third-order valence-corrected chi connectivity index (χ3v) is 6.78. The lowest BCUT2D eigenvalue weighted by Crippen LogP contribution is -2.07. The van der Waals surface area contributed by atoms with Gasteiger partial charge in [-0.3, -0.25) is 0 Å². The van der Waals surface area contributed by atoms with Crippen LogP contribution in [0.5, 0.6) is 0 Å². The zero-order valence-corrected chi connectivity index (χ0v) is 23.3. The molecule has 3 rings (SSSR count). The molecule has 0 N–H and O–H groups in total. The molecule has 0 aliphatic rings. The third kappa shape index (κ3) is 8.89. The van der Waals surface area contributed by atoms with Gasteiger partial charge in [0.2, 0.25) is 0 Å². The fraction of sp³-hybridized carbons (Fsp3) is 0.343. The van der Waals surface area contributed by atoms with Gasteiger partial charge in [0.25, 0.3) is 0 Å². The molecule has 0 spiro atoms. The van der Waals surface area contributed by atoms with Gasteiger partial charge in [-0.2, -0.15) is 0 Å². The molecule has 0 fully saturated rings. The minimum Gasteiger partial charge on any atom is -0.458 e. The highest BCUT2D eigenvalue weighted by Gasteiger charge is 2.15. The second-order valence-corrected chi connectivity index (χ2v) is 10.3.